The van der Waals surface area contributed by atoms with Crippen molar-refractivity contribution in [3.63, 3.8) is 0 Å². The molecule has 2 atom stereocenters. The van der Waals surface area contributed by atoms with Crippen LogP contribution in [0.15, 0.2) is 55.1 Å². The number of rotatable bonds is 5. The highest BCUT2D eigenvalue weighted by Gasteiger charge is 2.34. The zero-order valence-corrected chi connectivity index (χ0v) is 16.7. The van der Waals surface area contributed by atoms with Crippen LogP contribution < -0.4 is 4.90 Å². The van der Waals surface area contributed by atoms with E-state index in [0.717, 1.165) is 43.9 Å². The molecular weight excluding hydrogens is 362 g/mol. The van der Waals surface area contributed by atoms with Crippen LogP contribution in [0, 0.1) is 5.92 Å². The Morgan fingerprint density at radius 2 is 1.97 bits per heavy atom. The van der Waals surface area contributed by atoms with Gasteiger partial charge in [0.1, 0.15) is 5.82 Å². The molecule has 150 valence electrons. The predicted octanol–water partition coefficient (Wildman–Crippen LogP) is 3.76. The van der Waals surface area contributed by atoms with Crippen LogP contribution in [0.25, 0.3) is 11.1 Å². The molecule has 0 aliphatic carbocycles. The van der Waals surface area contributed by atoms with Crippen molar-refractivity contribution >= 4 is 17.0 Å². The number of nitrogens with one attached hydrogen (secondary N) is 1. The molecule has 29 heavy (non-hydrogen) atoms. The second-order valence-corrected chi connectivity index (χ2v) is 8.18. The number of hydrogen-bond donors (Lipinski definition) is 2. The quantitative estimate of drug-likeness (QED) is 0.697. The SMILES string of the molecule is CC1=C(c2ccccc2)C(CC(O)C2CCN(c3ccn[nH]3)CC2)n2cncc21. The number of aromatic amines is 1. The average Bonchev–Trinajstić information content (AvgIpc) is 3.49. The summed E-state index contributed by atoms with van der Waals surface area (Å²) in [5, 5.41) is 18.3. The van der Waals surface area contributed by atoms with E-state index in [0.29, 0.717) is 5.92 Å². The first-order chi connectivity index (χ1) is 14.2. The first kappa shape index (κ1) is 18.2. The number of anilines is 1. The topological polar surface area (TPSA) is 70.0 Å². The molecule has 5 rings (SSSR count). The Morgan fingerprint density at radius 1 is 1.17 bits per heavy atom. The number of aliphatic hydroxyl groups excluding tert-OH is 1. The van der Waals surface area contributed by atoms with E-state index in [9.17, 15) is 5.11 Å². The molecule has 2 aliphatic heterocycles. The smallest absolute Gasteiger partial charge is 0.123 e. The van der Waals surface area contributed by atoms with E-state index in [4.69, 9.17) is 0 Å². The molecule has 1 aromatic carbocycles. The van der Waals surface area contributed by atoms with E-state index < -0.39 is 0 Å². The third-order valence-electron chi connectivity index (χ3n) is 6.58. The van der Waals surface area contributed by atoms with E-state index in [1.807, 2.05) is 24.7 Å². The van der Waals surface area contributed by atoms with Gasteiger partial charge in [-0.1, -0.05) is 30.3 Å². The van der Waals surface area contributed by atoms with Gasteiger partial charge in [-0.3, -0.25) is 5.10 Å². The van der Waals surface area contributed by atoms with Gasteiger partial charge in [-0.05, 0) is 48.8 Å². The molecule has 0 saturated carbocycles. The van der Waals surface area contributed by atoms with Gasteiger partial charge in [0.15, 0.2) is 0 Å². The molecule has 1 fully saturated rings. The van der Waals surface area contributed by atoms with Gasteiger partial charge in [-0.15, -0.1) is 0 Å². The number of piperidine rings is 1. The summed E-state index contributed by atoms with van der Waals surface area (Å²) in [6.45, 7) is 4.07. The number of H-pyrrole nitrogens is 1. The Morgan fingerprint density at radius 3 is 2.69 bits per heavy atom. The van der Waals surface area contributed by atoms with Crippen molar-refractivity contribution in [2.24, 2.45) is 5.92 Å². The lowest BCUT2D eigenvalue weighted by molar-refractivity contribution is 0.0770. The maximum Gasteiger partial charge on any atom is 0.123 e. The number of aliphatic hydroxyl groups is 1. The highest BCUT2D eigenvalue weighted by Crippen LogP contribution is 2.45. The predicted molar refractivity (Wildman–Crippen MR) is 114 cm³/mol. The van der Waals surface area contributed by atoms with Crippen LogP contribution in [0.2, 0.25) is 0 Å². The van der Waals surface area contributed by atoms with Gasteiger partial charge >= 0.3 is 0 Å². The van der Waals surface area contributed by atoms with Crippen molar-refractivity contribution in [3.05, 3.63) is 66.4 Å². The Bertz CT molecular complexity index is 983. The molecule has 2 unspecified atom stereocenters. The summed E-state index contributed by atoms with van der Waals surface area (Å²) in [5.74, 6) is 1.39. The van der Waals surface area contributed by atoms with Crippen LogP contribution in [0.4, 0.5) is 5.82 Å². The minimum atomic E-state index is -0.330. The second-order valence-electron chi connectivity index (χ2n) is 8.18. The summed E-state index contributed by atoms with van der Waals surface area (Å²) in [4.78, 5) is 6.68. The van der Waals surface area contributed by atoms with E-state index in [-0.39, 0.29) is 12.1 Å². The monoisotopic (exact) mass is 389 g/mol. The van der Waals surface area contributed by atoms with Crippen LogP contribution in [0.1, 0.15) is 43.5 Å². The Labute approximate surface area is 170 Å². The fourth-order valence-corrected chi connectivity index (χ4v) is 5.00. The number of fused-ring (bicyclic) bond motifs is 1. The molecular formula is C23H27N5O. The minimum absolute atomic E-state index is 0.135. The van der Waals surface area contributed by atoms with E-state index in [1.54, 1.807) is 6.20 Å². The average molecular weight is 390 g/mol. The first-order valence-corrected chi connectivity index (χ1v) is 10.4. The molecule has 2 aromatic heterocycles. The Hall–Kier alpha value is -2.86. The molecule has 6 heteroatoms. The van der Waals surface area contributed by atoms with Gasteiger partial charge < -0.3 is 14.6 Å². The molecule has 2 aliphatic rings. The summed E-state index contributed by atoms with van der Waals surface area (Å²) >= 11 is 0. The first-order valence-electron chi connectivity index (χ1n) is 10.4. The second kappa shape index (κ2) is 7.52. The number of hydrogen-bond acceptors (Lipinski definition) is 4. The number of benzene rings is 1. The molecule has 3 aromatic rings. The van der Waals surface area contributed by atoms with Crippen molar-refractivity contribution in [2.45, 2.75) is 38.3 Å². The molecule has 0 bridgehead atoms. The molecule has 2 N–H and O–H groups in total. The molecule has 4 heterocycles. The standard InChI is InChI=1S/C23H27N5O/c1-16-20-14-24-15-28(20)19(23(16)18-5-3-2-4-6-18)13-21(29)17-8-11-27(12-9-17)22-7-10-25-26-22/h2-7,10,14-15,17,19,21,29H,8-9,11-13H2,1H3,(H,25,26). The number of aromatic nitrogens is 4. The lowest BCUT2D eigenvalue weighted by atomic mass is 9.85. The third-order valence-corrected chi connectivity index (χ3v) is 6.58. The summed E-state index contributed by atoms with van der Waals surface area (Å²) in [5.41, 5.74) is 4.98. The number of allylic oxidation sites excluding steroid dienone is 2. The highest BCUT2D eigenvalue weighted by molar-refractivity contribution is 5.93. The zero-order chi connectivity index (χ0) is 19.8. The van der Waals surface area contributed by atoms with Crippen molar-refractivity contribution in [1.29, 1.82) is 0 Å². The number of nitrogens with zero attached hydrogens (tertiary/aromatic N) is 4. The molecule has 6 nitrogen and oxygen atoms in total. The molecule has 1 saturated heterocycles. The molecule has 0 amide bonds. The summed E-state index contributed by atoms with van der Waals surface area (Å²) in [7, 11) is 0. The maximum absolute atomic E-state index is 11.2. The van der Waals surface area contributed by atoms with E-state index in [2.05, 4.69) is 55.8 Å². The van der Waals surface area contributed by atoms with E-state index >= 15 is 0 Å². The lowest BCUT2D eigenvalue weighted by Crippen LogP contribution is -2.38. The van der Waals surface area contributed by atoms with Crippen LogP contribution in [0.5, 0.6) is 0 Å². The van der Waals surface area contributed by atoms with Crippen LogP contribution in [-0.4, -0.2) is 44.0 Å². The van der Waals surface area contributed by atoms with Crippen LogP contribution in [0.3, 0.4) is 0 Å². The van der Waals surface area contributed by atoms with Crippen LogP contribution >= 0.6 is 0 Å². The van der Waals surface area contributed by atoms with Crippen molar-refractivity contribution < 1.29 is 5.11 Å². The normalized spacial score (nSPS) is 20.9. The zero-order valence-electron chi connectivity index (χ0n) is 16.7. The highest BCUT2D eigenvalue weighted by atomic mass is 16.3. The van der Waals surface area contributed by atoms with Crippen molar-refractivity contribution in [2.75, 3.05) is 18.0 Å². The summed E-state index contributed by atoms with van der Waals surface area (Å²) in [6.07, 6.45) is 8.02. The third kappa shape index (κ3) is 3.27. The fraction of sp³-hybridized carbons (Fsp3) is 0.391. The number of imidazole rings is 1. The summed E-state index contributed by atoms with van der Waals surface area (Å²) < 4.78 is 2.24. The maximum atomic E-state index is 11.2. The van der Waals surface area contributed by atoms with Gasteiger partial charge in [-0.2, -0.15) is 5.10 Å². The van der Waals surface area contributed by atoms with Crippen LogP contribution in [-0.2, 0) is 0 Å². The van der Waals surface area contributed by atoms with E-state index in [1.165, 1.54) is 16.7 Å². The van der Waals surface area contributed by atoms with Crippen molar-refractivity contribution in [3.8, 4) is 0 Å². The van der Waals surface area contributed by atoms with Gasteiger partial charge in [0.05, 0.1) is 36.6 Å². The van der Waals surface area contributed by atoms with Gasteiger partial charge in [0, 0.05) is 19.2 Å². The Kier molecular flexibility index (Phi) is 4.72. The van der Waals surface area contributed by atoms with Crippen molar-refractivity contribution in [1.82, 2.24) is 19.7 Å². The Balaban J connectivity index is 1.33. The summed E-state index contributed by atoms with van der Waals surface area (Å²) in [6, 6.07) is 12.7. The van der Waals surface area contributed by atoms with Gasteiger partial charge in [-0.25, -0.2) is 4.98 Å². The molecule has 0 radical (unpaired) electrons. The molecule has 0 spiro atoms. The van der Waals surface area contributed by atoms with Gasteiger partial charge in [0.25, 0.3) is 0 Å². The largest absolute Gasteiger partial charge is 0.393 e. The fourth-order valence-electron chi connectivity index (χ4n) is 5.00. The van der Waals surface area contributed by atoms with Gasteiger partial charge in [0.2, 0.25) is 0 Å². The minimum Gasteiger partial charge on any atom is -0.393 e. The lowest BCUT2D eigenvalue weighted by Gasteiger charge is -2.35.